The standard InChI is InChI=1S/C23H35Cl2N6O8PS2/c1-11(2)38-18(34)12(3)30-40(41,36-7-8-42-20(35)22(4,5)6)37-9-13-15(32)23(24,25)19(39-13)31-10-27-14-16(31)28-21(26)29-17(14)33/h10-13,15,19,32H,7-9H2,1-6H3,(H,30,41)(H3,26,28,29,33)/t12-,13+,15+,19+,40?/m0/s1. The van der Waals surface area contributed by atoms with Crippen LogP contribution in [0.5, 0.6) is 0 Å². The Bertz CT molecular complexity index is 1400. The Hall–Kier alpha value is -1.33. The van der Waals surface area contributed by atoms with E-state index >= 15 is 0 Å². The number of fused-ring (bicyclic) bond motifs is 1. The summed E-state index contributed by atoms with van der Waals surface area (Å²) in [6.45, 7) is 6.62. The molecule has 0 saturated carbocycles. The first-order valence-electron chi connectivity index (χ1n) is 12.8. The Labute approximate surface area is 261 Å². The van der Waals surface area contributed by atoms with Crippen molar-refractivity contribution < 1.29 is 33.2 Å². The Kier molecular flexibility index (Phi) is 11.5. The SMILES string of the molecule is CC(C)OC(=O)[C@H](C)NP(=S)(OCCSC(=O)C(C)(C)C)OC[C@H]1O[C@@H](n2cnc3c(=O)[nH]c(N)nc32)C(Cl)(Cl)[C@@H]1O. The first-order valence-corrected chi connectivity index (χ1v) is 17.2. The topological polar surface area (TPSA) is 193 Å². The van der Waals surface area contributed by atoms with E-state index in [1.54, 1.807) is 20.8 Å². The fourth-order valence-electron chi connectivity index (χ4n) is 3.64. The smallest absolute Gasteiger partial charge is 0.323 e. The van der Waals surface area contributed by atoms with Crippen LogP contribution in [-0.4, -0.2) is 83.4 Å². The summed E-state index contributed by atoms with van der Waals surface area (Å²) in [5.41, 5.74) is 4.56. The number of halogens is 2. The molecule has 1 aliphatic rings. The van der Waals surface area contributed by atoms with Crippen molar-refractivity contribution in [3.8, 4) is 0 Å². The van der Waals surface area contributed by atoms with Crippen molar-refractivity contribution in [2.75, 3.05) is 24.7 Å². The minimum Gasteiger partial charge on any atom is -0.462 e. The van der Waals surface area contributed by atoms with Crippen molar-refractivity contribution in [1.82, 2.24) is 24.6 Å². The van der Waals surface area contributed by atoms with Gasteiger partial charge in [0.15, 0.2) is 26.8 Å². The number of aliphatic hydroxyl groups is 1. The summed E-state index contributed by atoms with van der Waals surface area (Å²) in [5, 5.41) is 13.8. The van der Waals surface area contributed by atoms with Crippen molar-refractivity contribution in [3.05, 3.63) is 16.7 Å². The van der Waals surface area contributed by atoms with Crippen LogP contribution < -0.4 is 16.4 Å². The van der Waals surface area contributed by atoms with Gasteiger partial charge in [-0.3, -0.25) is 23.9 Å². The number of H-pyrrole nitrogens is 1. The molecule has 5 atom stereocenters. The number of anilines is 1. The first kappa shape index (κ1) is 35.2. The molecular formula is C23H35Cl2N6O8PS2. The molecule has 1 unspecified atom stereocenters. The number of hydrogen-bond acceptors (Lipinski definition) is 13. The van der Waals surface area contributed by atoms with Crippen LogP contribution >= 0.6 is 41.6 Å². The number of rotatable bonds is 12. The molecule has 0 bridgehead atoms. The van der Waals surface area contributed by atoms with Gasteiger partial charge in [0.05, 0.1) is 25.6 Å². The number of aromatic amines is 1. The Balaban J connectivity index is 1.77. The highest BCUT2D eigenvalue weighted by atomic mass is 35.5. The van der Waals surface area contributed by atoms with Gasteiger partial charge >= 0.3 is 5.97 Å². The quantitative estimate of drug-likeness (QED) is 0.110. The lowest BCUT2D eigenvalue weighted by Gasteiger charge is -2.28. The number of imidazole rings is 1. The maximum absolute atomic E-state index is 12.5. The van der Waals surface area contributed by atoms with Gasteiger partial charge in [-0.15, -0.1) is 0 Å². The van der Waals surface area contributed by atoms with Gasteiger partial charge < -0.3 is 29.4 Å². The van der Waals surface area contributed by atoms with Crippen LogP contribution in [-0.2, 0) is 39.9 Å². The van der Waals surface area contributed by atoms with Gasteiger partial charge in [-0.25, -0.2) is 10.1 Å². The minimum atomic E-state index is -3.44. The number of aromatic nitrogens is 4. The van der Waals surface area contributed by atoms with Crippen LogP contribution in [0.15, 0.2) is 11.1 Å². The number of nitrogens with zero attached hydrogens (tertiary/aromatic N) is 3. The summed E-state index contributed by atoms with van der Waals surface area (Å²) in [6.07, 6.45) is -3.02. The molecule has 0 aromatic carbocycles. The summed E-state index contributed by atoms with van der Waals surface area (Å²) in [5.74, 6) is -0.459. The number of ether oxygens (including phenoxy) is 2. The lowest BCUT2D eigenvalue weighted by atomic mass is 10.00. The predicted octanol–water partition coefficient (Wildman–Crippen LogP) is 2.63. The number of thioether (sulfide) groups is 1. The van der Waals surface area contributed by atoms with Gasteiger partial charge in [0.1, 0.15) is 18.2 Å². The van der Waals surface area contributed by atoms with Crippen LogP contribution in [0.1, 0.15) is 47.8 Å². The number of nitrogens with one attached hydrogen (secondary N) is 2. The van der Waals surface area contributed by atoms with Crippen LogP contribution in [0.4, 0.5) is 5.95 Å². The third kappa shape index (κ3) is 8.43. The second kappa shape index (κ2) is 13.8. The average Bonchev–Trinajstić information content (AvgIpc) is 3.37. The van der Waals surface area contributed by atoms with Gasteiger partial charge in [0, 0.05) is 11.2 Å². The third-order valence-electron chi connectivity index (χ3n) is 5.74. The fourth-order valence-corrected chi connectivity index (χ4v) is 7.50. The molecule has 3 heterocycles. The van der Waals surface area contributed by atoms with E-state index < -0.39 is 52.4 Å². The molecule has 0 radical (unpaired) electrons. The van der Waals surface area contributed by atoms with E-state index in [0.717, 1.165) is 11.8 Å². The van der Waals surface area contributed by atoms with E-state index in [1.807, 2.05) is 20.8 Å². The molecule has 2 aromatic heterocycles. The molecule has 3 rings (SSSR count). The maximum atomic E-state index is 12.5. The van der Waals surface area contributed by atoms with E-state index in [9.17, 15) is 19.5 Å². The zero-order chi connectivity index (χ0) is 31.6. The van der Waals surface area contributed by atoms with Gasteiger partial charge in [-0.05, 0) is 32.6 Å². The zero-order valence-corrected chi connectivity index (χ0v) is 27.9. The molecule has 0 aliphatic carbocycles. The monoisotopic (exact) mass is 688 g/mol. The molecule has 0 amide bonds. The molecule has 1 aliphatic heterocycles. The number of hydrogen-bond donors (Lipinski definition) is 4. The fraction of sp³-hybridized carbons (Fsp3) is 0.696. The number of esters is 1. The second-order valence-electron chi connectivity index (χ2n) is 10.8. The average molecular weight is 690 g/mol. The highest BCUT2D eigenvalue weighted by Gasteiger charge is 2.56. The first-order chi connectivity index (χ1) is 19.4. The molecule has 236 valence electrons. The third-order valence-corrected chi connectivity index (χ3v) is 10.5. The number of carbonyl (C=O) groups excluding carboxylic acids is 2. The van der Waals surface area contributed by atoms with Crippen molar-refractivity contribution >= 4 is 81.6 Å². The molecule has 42 heavy (non-hydrogen) atoms. The molecule has 0 spiro atoms. The van der Waals surface area contributed by atoms with Crippen LogP contribution in [0.25, 0.3) is 11.2 Å². The van der Waals surface area contributed by atoms with E-state index in [1.165, 1.54) is 10.9 Å². The van der Waals surface area contributed by atoms with E-state index in [0.29, 0.717) is 0 Å². The normalized spacial score (nSPS) is 22.8. The summed E-state index contributed by atoms with van der Waals surface area (Å²) >= 11 is 19.8. The zero-order valence-electron chi connectivity index (χ0n) is 23.8. The summed E-state index contributed by atoms with van der Waals surface area (Å²) in [4.78, 5) is 47.4. The van der Waals surface area contributed by atoms with Crippen molar-refractivity contribution in [1.29, 1.82) is 0 Å². The van der Waals surface area contributed by atoms with Gasteiger partial charge in [0.25, 0.3) is 12.2 Å². The van der Waals surface area contributed by atoms with Crippen molar-refractivity contribution in [2.24, 2.45) is 5.41 Å². The Morgan fingerprint density at radius 1 is 1.36 bits per heavy atom. The molecule has 1 fully saturated rings. The number of aliphatic hydroxyl groups excluding tert-OH is 1. The molecule has 1 saturated heterocycles. The summed E-state index contributed by atoms with van der Waals surface area (Å²) in [7, 11) is 0. The Morgan fingerprint density at radius 2 is 2.02 bits per heavy atom. The highest BCUT2D eigenvalue weighted by Crippen LogP contribution is 2.50. The van der Waals surface area contributed by atoms with Crippen LogP contribution in [0, 0.1) is 5.41 Å². The lowest BCUT2D eigenvalue weighted by molar-refractivity contribution is -0.149. The van der Waals surface area contributed by atoms with Crippen LogP contribution in [0.3, 0.4) is 0 Å². The van der Waals surface area contributed by atoms with Gasteiger partial charge in [-0.2, -0.15) is 4.98 Å². The second-order valence-corrected chi connectivity index (χ2v) is 16.5. The molecule has 14 nitrogen and oxygen atoms in total. The molecular weight excluding hydrogens is 654 g/mol. The van der Waals surface area contributed by atoms with E-state index in [2.05, 4.69) is 20.0 Å². The van der Waals surface area contributed by atoms with Crippen molar-refractivity contribution in [2.45, 2.75) is 76.5 Å². The van der Waals surface area contributed by atoms with E-state index in [-0.39, 0.29) is 47.3 Å². The molecule has 5 N–H and O–H groups in total. The Morgan fingerprint density at radius 3 is 2.64 bits per heavy atom. The lowest BCUT2D eigenvalue weighted by Crippen LogP contribution is -2.39. The minimum absolute atomic E-state index is 0.0248. The molecule has 19 heteroatoms. The number of nitrogens with two attached hydrogens (primary N) is 1. The number of carbonyl (C=O) groups is 2. The molecule has 2 aromatic rings. The highest BCUT2D eigenvalue weighted by molar-refractivity contribution is 8.13. The number of nitrogen functional groups attached to an aromatic ring is 1. The van der Waals surface area contributed by atoms with Gasteiger partial charge in [0.2, 0.25) is 5.95 Å². The van der Waals surface area contributed by atoms with Gasteiger partial charge in [-0.1, -0.05) is 55.7 Å². The van der Waals surface area contributed by atoms with E-state index in [4.69, 9.17) is 59.3 Å². The predicted molar refractivity (Wildman–Crippen MR) is 164 cm³/mol. The summed E-state index contributed by atoms with van der Waals surface area (Å²) in [6, 6.07) is -0.906. The number of alkyl halides is 2. The summed E-state index contributed by atoms with van der Waals surface area (Å²) < 4.78 is 22.4. The van der Waals surface area contributed by atoms with Crippen LogP contribution in [0.2, 0.25) is 0 Å². The maximum Gasteiger partial charge on any atom is 0.323 e. The largest absolute Gasteiger partial charge is 0.462 e. The van der Waals surface area contributed by atoms with Crippen molar-refractivity contribution in [3.63, 3.8) is 0 Å².